The molecule has 0 bridgehead atoms. The minimum atomic E-state index is -0.118. The standard InChI is InChI=1S/C19H26N2O4/c22-18-8-2-10-21(18)16-6-1-5-15(13-16)19(23)20-9-4-11-24-14-17-7-3-12-25-17/h1,5-6,13,17H,2-4,7-12,14H2,(H,20,23). The van der Waals surface area contributed by atoms with E-state index in [-0.39, 0.29) is 17.9 Å². The maximum Gasteiger partial charge on any atom is 0.251 e. The lowest BCUT2D eigenvalue weighted by Gasteiger charge is -2.16. The van der Waals surface area contributed by atoms with Crippen molar-refractivity contribution >= 4 is 17.5 Å². The SMILES string of the molecule is O=C(NCCCOCC1CCCO1)c1cccc(N2CCCC2=O)c1. The third-order valence-corrected chi connectivity index (χ3v) is 4.57. The van der Waals surface area contributed by atoms with Gasteiger partial charge in [0, 0.05) is 44.0 Å². The molecule has 1 aromatic rings. The summed E-state index contributed by atoms with van der Waals surface area (Å²) >= 11 is 0. The van der Waals surface area contributed by atoms with E-state index < -0.39 is 0 Å². The molecule has 2 aliphatic rings. The highest BCUT2D eigenvalue weighted by Crippen LogP contribution is 2.22. The number of rotatable bonds is 8. The minimum absolute atomic E-state index is 0.118. The fourth-order valence-corrected chi connectivity index (χ4v) is 3.20. The van der Waals surface area contributed by atoms with Crippen molar-refractivity contribution in [1.82, 2.24) is 5.32 Å². The molecule has 136 valence electrons. The molecule has 6 heteroatoms. The largest absolute Gasteiger partial charge is 0.379 e. The van der Waals surface area contributed by atoms with Crippen LogP contribution in [0.5, 0.6) is 0 Å². The number of hydrogen-bond acceptors (Lipinski definition) is 4. The Morgan fingerprint density at radius 1 is 1.36 bits per heavy atom. The van der Waals surface area contributed by atoms with E-state index in [9.17, 15) is 9.59 Å². The number of benzene rings is 1. The lowest BCUT2D eigenvalue weighted by atomic mass is 10.1. The third kappa shape index (κ3) is 5.03. The molecule has 2 aliphatic heterocycles. The smallest absolute Gasteiger partial charge is 0.251 e. The molecule has 6 nitrogen and oxygen atoms in total. The van der Waals surface area contributed by atoms with Crippen LogP contribution in [0.4, 0.5) is 5.69 Å². The lowest BCUT2D eigenvalue weighted by molar-refractivity contribution is -0.117. The van der Waals surface area contributed by atoms with Crippen LogP contribution in [0.1, 0.15) is 42.5 Å². The first-order chi connectivity index (χ1) is 12.2. The number of amides is 2. The van der Waals surface area contributed by atoms with E-state index in [1.165, 1.54) is 0 Å². The van der Waals surface area contributed by atoms with Crippen LogP contribution in [-0.2, 0) is 14.3 Å². The van der Waals surface area contributed by atoms with Gasteiger partial charge in [-0.25, -0.2) is 0 Å². The molecule has 1 atom stereocenters. The van der Waals surface area contributed by atoms with Crippen LogP contribution in [0.25, 0.3) is 0 Å². The third-order valence-electron chi connectivity index (χ3n) is 4.57. The number of nitrogens with one attached hydrogen (secondary N) is 1. The summed E-state index contributed by atoms with van der Waals surface area (Å²) in [6.07, 6.45) is 4.66. The van der Waals surface area contributed by atoms with Crippen molar-refractivity contribution in [2.75, 3.05) is 37.8 Å². The number of anilines is 1. The number of ether oxygens (including phenoxy) is 2. The highest BCUT2D eigenvalue weighted by molar-refractivity contribution is 5.99. The van der Waals surface area contributed by atoms with Crippen LogP contribution in [0.15, 0.2) is 24.3 Å². The van der Waals surface area contributed by atoms with Gasteiger partial charge in [0.1, 0.15) is 0 Å². The number of nitrogens with zero attached hydrogens (tertiary/aromatic N) is 1. The molecule has 0 spiro atoms. The van der Waals surface area contributed by atoms with E-state index in [4.69, 9.17) is 9.47 Å². The van der Waals surface area contributed by atoms with Gasteiger partial charge in [0.25, 0.3) is 5.91 Å². The Labute approximate surface area is 148 Å². The highest BCUT2D eigenvalue weighted by atomic mass is 16.5. The second-order valence-electron chi connectivity index (χ2n) is 6.52. The second kappa shape index (κ2) is 8.97. The number of carbonyl (C=O) groups excluding carboxylic acids is 2. The maximum absolute atomic E-state index is 12.3. The minimum Gasteiger partial charge on any atom is -0.379 e. The van der Waals surface area contributed by atoms with E-state index in [1.807, 2.05) is 12.1 Å². The molecule has 2 saturated heterocycles. The summed E-state index contributed by atoms with van der Waals surface area (Å²) < 4.78 is 11.1. The molecule has 3 rings (SSSR count). The molecule has 1 unspecified atom stereocenters. The molecule has 2 amide bonds. The topological polar surface area (TPSA) is 67.9 Å². The van der Waals surface area contributed by atoms with Crippen molar-refractivity contribution in [3.8, 4) is 0 Å². The zero-order valence-electron chi connectivity index (χ0n) is 14.5. The van der Waals surface area contributed by atoms with Crippen molar-refractivity contribution < 1.29 is 19.1 Å². The Kier molecular flexibility index (Phi) is 6.42. The highest BCUT2D eigenvalue weighted by Gasteiger charge is 2.22. The van der Waals surface area contributed by atoms with Gasteiger partial charge in [0.15, 0.2) is 0 Å². The van der Waals surface area contributed by atoms with Crippen LogP contribution < -0.4 is 10.2 Å². The molecule has 1 N–H and O–H groups in total. The van der Waals surface area contributed by atoms with E-state index in [2.05, 4.69) is 5.32 Å². The van der Waals surface area contributed by atoms with Crippen molar-refractivity contribution in [1.29, 1.82) is 0 Å². The van der Waals surface area contributed by atoms with Gasteiger partial charge in [-0.1, -0.05) is 6.07 Å². The maximum atomic E-state index is 12.3. The summed E-state index contributed by atoms with van der Waals surface area (Å²) in [5.41, 5.74) is 1.38. The molecular formula is C19H26N2O4. The van der Waals surface area contributed by atoms with E-state index in [1.54, 1.807) is 17.0 Å². The Hall–Kier alpha value is -1.92. The van der Waals surface area contributed by atoms with Crippen LogP contribution in [0.3, 0.4) is 0 Å². The Balaban J connectivity index is 1.38. The first-order valence-corrected chi connectivity index (χ1v) is 9.12. The molecule has 2 heterocycles. The summed E-state index contributed by atoms with van der Waals surface area (Å²) in [4.78, 5) is 25.8. The van der Waals surface area contributed by atoms with E-state index >= 15 is 0 Å². The lowest BCUT2D eigenvalue weighted by Crippen LogP contribution is -2.27. The quantitative estimate of drug-likeness (QED) is 0.732. The monoisotopic (exact) mass is 346 g/mol. The average Bonchev–Trinajstić information content (AvgIpc) is 3.29. The molecule has 0 radical (unpaired) electrons. The summed E-state index contributed by atoms with van der Waals surface area (Å²) in [6, 6.07) is 7.25. The van der Waals surface area contributed by atoms with Gasteiger partial charge >= 0.3 is 0 Å². The molecule has 0 aliphatic carbocycles. The molecular weight excluding hydrogens is 320 g/mol. The van der Waals surface area contributed by atoms with Crippen molar-refractivity contribution in [3.05, 3.63) is 29.8 Å². The van der Waals surface area contributed by atoms with Crippen molar-refractivity contribution in [2.45, 2.75) is 38.2 Å². The second-order valence-corrected chi connectivity index (χ2v) is 6.52. The van der Waals surface area contributed by atoms with Crippen LogP contribution in [0, 0.1) is 0 Å². The molecule has 1 aromatic carbocycles. The van der Waals surface area contributed by atoms with Gasteiger partial charge in [-0.2, -0.15) is 0 Å². The fourth-order valence-electron chi connectivity index (χ4n) is 3.20. The normalized spacial score (nSPS) is 20.2. The van der Waals surface area contributed by atoms with Gasteiger partial charge < -0.3 is 19.7 Å². The summed E-state index contributed by atoms with van der Waals surface area (Å²) in [7, 11) is 0. The Bertz CT molecular complexity index is 599. The van der Waals surface area contributed by atoms with Gasteiger partial charge in [0.2, 0.25) is 5.91 Å². The first kappa shape index (κ1) is 17.9. The summed E-state index contributed by atoms with van der Waals surface area (Å²) in [5, 5.41) is 2.90. The zero-order chi connectivity index (χ0) is 17.5. The van der Waals surface area contributed by atoms with Gasteiger partial charge in [-0.05, 0) is 43.9 Å². The number of carbonyl (C=O) groups is 2. The van der Waals surface area contributed by atoms with Crippen molar-refractivity contribution in [3.63, 3.8) is 0 Å². The predicted octanol–water partition coefficient (Wildman–Crippen LogP) is 2.13. The van der Waals surface area contributed by atoms with Gasteiger partial charge in [-0.15, -0.1) is 0 Å². The molecule has 25 heavy (non-hydrogen) atoms. The van der Waals surface area contributed by atoms with E-state index in [0.29, 0.717) is 31.7 Å². The molecule has 2 fully saturated rings. The van der Waals surface area contributed by atoms with E-state index in [0.717, 1.165) is 44.5 Å². The Morgan fingerprint density at radius 3 is 3.04 bits per heavy atom. The van der Waals surface area contributed by atoms with Gasteiger partial charge in [0.05, 0.1) is 12.7 Å². The number of hydrogen-bond donors (Lipinski definition) is 1. The average molecular weight is 346 g/mol. The summed E-state index contributed by atoms with van der Waals surface area (Å²) in [6.45, 7) is 3.39. The van der Waals surface area contributed by atoms with Crippen LogP contribution in [0.2, 0.25) is 0 Å². The fraction of sp³-hybridized carbons (Fsp3) is 0.579. The predicted molar refractivity (Wildman–Crippen MR) is 94.8 cm³/mol. The van der Waals surface area contributed by atoms with Gasteiger partial charge in [-0.3, -0.25) is 9.59 Å². The molecule has 0 saturated carbocycles. The van der Waals surface area contributed by atoms with Crippen molar-refractivity contribution in [2.24, 2.45) is 0 Å². The zero-order valence-corrected chi connectivity index (χ0v) is 14.5. The molecule has 0 aromatic heterocycles. The van der Waals surface area contributed by atoms with Crippen LogP contribution in [-0.4, -0.2) is 50.8 Å². The summed E-state index contributed by atoms with van der Waals surface area (Å²) in [5.74, 6) is 0.00794. The van der Waals surface area contributed by atoms with Crippen LogP contribution >= 0.6 is 0 Å². The Morgan fingerprint density at radius 2 is 2.28 bits per heavy atom. The first-order valence-electron chi connectivity index (χ1n) is 9.12.